The van der Waals surface area contributed by atoms with E-state index in [0.29, 0.717) is 0 Å². The van der Waals surface area contributed by atoms with Crippen molar-refractivity contribution in [3.8, 4) is 0 Å². The molecule has 0 aliphatic carbocycles. The molecule has 0 fully saturated rings. The first-order valence-electron chi connectivity index (χ1n) is 5.51. The number of hydrogen-bond donors (Lipinski definition) is 0. The molecule has 0 unspecified atom stereocenters. The van der Waals surface area contributed by atoms with Crippen LogP contribution in [0.15, 0.2) is 26.9 Å². The van der Waals surface area contributed by atoms with E-state index in [0.717, 1.165) is 34.4 Å². The van der Waals surface area contributed by atoms with Crippen LogP contribution in [0, 0.1) is 13.8 Å². The fraction of sp³-hybridized carbons (Fsp3) is 0.500. The molecule has 88 valence electrons. The summed E-state index contributed by atoms with van der Waals surface area (Å²) >= 11 is 3.47. The Labute approximate surface area is 106 Å². The molecule has 0 aliphatic rings. The van der Waals surface area contributed by atoms with E-state index < -0.39 is 0 Å². The Morgan fingerprint density at radius 3 is 2.06 bits per heavy atom. The standard InChI is InChI=1S/C12H18BrN3/c1-5-16(6-2)15-14-12-9(3)7-11(13)8-10(12)4/h7-8H,5-6H2,1-4H3. The normalized spacial score (nSPS) is 11.1. The van der Waals surface area contributed by atoms with Crippen molar-refractivity contribution in [2.24, 2.45) is 10.3 Å². The number of hydrogen-bond acceptors (Lipinski definition) is 2. The molecule has 0 saturated heterocycles. The Kier molecular flexibility index (Phi) is 4.93. The molecule has 0 radical (unpaired) electrons. The SMILES string of the molecule is CCN(CC)N=Nc1c(C)cc(Br)cc1C. The summed E-state index contributed by atoms with van der Waals surface area (Å²) in [5.74, 6) is 0. The summed E-state index contributed by atoms with van der Waals surface area (Å²) in [5.41, 5.74) is 3.25. The van der Waals surface area contributed by atoms with Crippen LogP contribution < -0.4 is 0 Å². The fourth-order valence-corrected chi connectivity index (χ4v) is 2.21. The van der Waals surface area contributed by atoms with Gasteiger partial charge in [-0.1, -0.05) is 21.2 Å². The second kappa shape index (κ2) is 5.99. The lowest BCUT2D eigenvalue weighted by atomic mass is 10.1. The van der Waals surface area contributed by atoms with Gasteiger partial charge >= 0.3 is 0 Å². The van der Waals surface area contributed by atoms with E-state index in [2.05, 4.69) is 52.2 Å². The highest BCUT2D eigenvalue weighted by Crippen LogP contribution is 2.27. The molecule has 1 rings (SSSR count). The highest BCUT2D eigenvalue weighted by Gasteiger charge is 2.03. The van der Waals surface area contributed by atoms with Gasteiger partial charge in [-0.25, -0.2) is 0 Å². The molecule has 0 N–H and O–H groups in total. The van der Waals surface area contributed by atoms with Crippen molar-refractivity contribution in [2.75, 3.05) is 13.1 Å². The molecule has 0 aromatic heterocycles. The summed E-state index contributed by atoms with van der Waals surface area (Å²) < 4.78 is 1.09. The average molecular weight is 284 g/mol. The molecule has 4 heteroatoms. The number of rotatable bonds is 4. The van der Waals surface area contributed by atoms with Crippen LogP contribution in [-0.4, -0.2) is 18.1 Å². The third-order valence-electron chi connectivity index (χ3n) is 2.46. The maximum atomic E-state index is 4.32. The van der Waals surface area contributed by atoms with Crippen LogP contribution in [0.3, 0.4) is 0 Å². The summed E-state index contributed by atoms with van der Waals surface area (Å²) in [6, 6.07) is 4.12. The molecule has 0 aliphatic heterocycles. The van der Waals surface area contributed by atoms with Crippen LogP contribution in [0.2, 0.25) is 0 Å². The quantitative estimate of drug-likeness (QED) is 0.594. The van der Waals surface area contributed by atoms with Crippen molar-refractivity contribution < 1.29 is 0 Å². The van der Waals surface area contributed by atoms with E-state index in [-0.39, 0.29) is 0 Å². The van der Waals surface area contributed by atoms with E-state index in [1.165, 1.54) is 0 Å². The van der Waals surface area contributed by atoms with Gasteiger partial charge in [-0.15, -0.1) is 5.11 Å². The average Bonchev–Trinajstić information content (AvgIpc) is 2.22. The van der Waals surface area contributed by atoms with Crippen molar-refractivity contribution in [1.82, 2.24) is 5.01 Å². The zero-order chi connectivity index (χ0) is 12.1. The topological polar surface area (TPSA) is 28.0 Å². The van der Waals surface area contributed by atoms with Gasteiger partial charge in [-0.3, -0.25) is 5.01 Å². The van der Waals surface area contributed by atoms with Crippen LogP contribution in [0.4, 0.5) is 5.69 Å². The van der Waals surface area contributed by atoms with Crippen molar-refractivity contribution in [3.63, 3.8) is 0 Å². The van der Waals surface area contributed by atoms with Gasteiger partial charge in [0.1, 0.15) is 0 Å². The van der Waals surface area contributed by atoms with Crippen molar-refractivity contribution in [1.29, 1.82) is 0 Å². The molecule has 0 bridgehead atoms. The minimum atomic E-state index is 0.884. The second-order valence-electron chi connectivity index (χ2n) is 3.72. The molecule has 1 aromatic carbocycles. The van der Waals surface area contributed by atoms with Crippen LogP contribution in [-0.2, 0) is 0 Å². The lowest BCUT2D eigenvalue weighted by Gasteiger charge is -2.12. The maximum Gasteiger partial charge on any atom is 0.0933 e. The van der Waals surface area contributed by atoms with Gasteiger partial charge in [0.05, 0.1) is 5.69 Å². The van der Waals surface area contributed by atoms with Gasteiger partial charge in [-0.05, 0) is 51.0 Å². The van der Waals surface area contributed by atoms with E-state index in [4.69, 9.17) is 0 Å². The fourth-order valence-electron chi connectivity index (χ4n) is 1.52. The van der Waals surface area contributed by atoms with E-state index >= 15 is 0 Å². The second-order valence-corrected chi connectivity index (χ2v) is 4.63. The molecular formula is C12H18BrN3. The molecule has 1 aromatic rings. The van der Waals surface area contributed by atoms with Gasteiger partial charge in [0.25, 0.3) is 0 Å². The number of nitrogens with zero attached hydrogens (tertiary/aromatic N) is 3. The minimum absolute atomic E-state index is 0.884. The largest absolute Gasteiger partial charge is 0.279 e. The van der Waals surface area contributed by atoms with E-state index in [1.807, 2.05) is 18.9 Å². The predicted molar refractivity (Wildman–Crippen MR) is 71.1 cm³/mol. The molecular weight excluding hydrogens is 266 g/mol. The monoisotopic (exact) mass is 283 g/mol. The van der Waals surface area contributed by atoms with Gasteiger partial charge in [0.15, 0.2) is 0 Å². The van der Waals surface area contributed by atoms with Crippen LogP contribution in [0.1, 0.15) is 25.0 Å². The van der Waals surface area contributed by atoms with Gasteiger partial charge in [0.2, 0.25) is 0 Å². The molecule has 0 spiro atoms. The van der Waals surface area contributed by atoms with Gasteiger partial charge in [-0.2, -0.15) is 0 Å². The Balaban J connectivity index is 2.97. The zero-order valence-corrected chi connectivity index (χ0v) is 11.9. The Hall–Kier alpha value is -0.900. The highest BCUT2D eigenvalue weighted by molar-refractivity contribution is 9.10. The Bertz CT molecular complexity index is 361. The first kappa shape index (κ1) is 13.2. The van der Waals surface area contributed by atoms with Crippen LogP contribution >= 0.6 is 15.9 Å². The maximum absolute atomic E-state index is 4.32. The summed E-state index contributed by atoms with van der Waals surface area (Å²) in [6.07, 6.45) is 0. The van der Waals surface area contributed by atoms with Crippen LogP contribution in [0.5, 0.6) is 0 Å². The van der Waals surface area contributed by atoms with Gasteiger partial charge < -0.3 is 0 Å². The first-order valence-corrected chi connectivity index (χ1v) is 6.31. The molecule has 0 heterocycles. The Morgan fingerprint density at radius 2 is 1.62 bits per heavy atom. The molecule has 0 saturated carbocycles. The van der Waals surface area contributed by atoms with Crippen molar-refractivity contribution in [2.45, 2.75) is 27.7 Å². The summed E-state index contributed by atoms with van der Waals surface area (Å²) in [5, 5.41) is 10.5. The number of benzene rings is 1. The summed E-state index contributed by atoms with van der Waals surface area (Å²) in [7, 11) is 0. The summed E-state index contributed by atoms with van der Waals surface area (Å²) in [4.78, 5) is 0. The molecule has 0 atom stereocenters. The number of aryl methyl sites for hydroxylation is 2. The lowest BCUT2D eigenvalue weighted by molar-refractivity contribution is 0.300. The first-order chi connectivity index (χ1) is 7.58. The lowest BCUT2D eigenvalue weighted by Crippen LogP contribution is -2.14. The van der Waals surface area contributed by atoms with Crippen molar-refractivity contribution in [3.05, 3.63) is 27.7 Å². The predicted octanol–water partition coefficient (Wildman–Crippen LogP) is 4.41. The molecule has 16 heavy (non-hydrogen) atoms. The highest BCUT2D eigenvalue weighted by atomic mass is 79.9. The third kappa shape index (κ3) is 3.30. The van der Waals surface area contributed by atoms with E-state index in [1.54, 1.807) is 0 Å². The smallest absolute Gasteiger partial charge is 0.0933 e. The van der Waals surface area contributed by atoms with E-state index in [9.17, 15) is 0 Å². The minimum Gasteiger partial charge on any atom is -0.279 e. The molecule has 0 amide bonds. The third-order valence-corrected chi connectivity index (χ3v) is 2.91. The van der Waals surface area contributed by atoms with Crippen molar-refractivity contribution >= 4 is 21.6 Å². The molecule has 3 nitrogen and oxygen atoms in total. The number of halogens is 1. The van der Waals surface area contributed by atoms with Crippen LogP contribution in [0.25, 0.3) is 0 Å². The van der Waals surface area contributed by atoms with Gasteiger partial charge in [0, 0.05) is 17.6 Å². The zero-order valence-electron chi connectivity index (χ0n) is 10.3. The Morgan fingerprint density at radius 1 is 1.12 bits per heavy atom. The summed E-state index contributed by atoms with van der Waals surface area (Å²) in [6.45, 7) is 10.0.